The van der Waals surface area contributed by atoms with Crippen molar-refractivity contribution in [2.24, 2.45) is 0 Å². The number of hydrogen-bond acceptors (Lipinski definition) is 4. The second-order valence-corrected chi connectivity index (χ2v) is 2.49. The standard InChI is InChI=1S/C8H10N2O3/c1-2-9-7-4-3-6(11)5-8(7)10(12)13/h3-5,9,11H,2H2,1H3. The van der Waals surface area contributed by atoms with Crippen LogP contribution in [0.15, 0.2) is 18.2 Å². The highest BCUT2D eigenvalue weighted by Gasteiger charge is 2.13. The molecular weight excluding hydrogens is 172 g/mol. The van der Waals surface area contributed by atoms with Crippen LogP contribution in [0.5, 0.6) is 5.75 Å². The predicted molar refractivity (Wildman–Crippen MR) is 48.9 cm³/mol. The fourth-order valence-corrected chi connectivity index (χ4v) is 1.01. The topological polar surface area (TPSA) is 75.4 Å². The van der Waals surface area contributed by atoms with E-state index in [2.05, 4.69) is 5.32 Å². The zero-order valence-corrected chi connectivity index (χ0v) is 7.15. The number of aromatic hydroxyl groups is 1. The summed E-state index contributed by atoms with van der Waals surface area (Å²) in [6.45, 7) is 2.45. The van der Waals surface area contributed by atoms with Crippen LogP contribution in [0.3, 0.4) is 0 Å². The van der Waals surface area contributed by atoms with Gasteiger partial charge in [0.15, 0.2) is 0 Å². The Bertz CT molecular complexity index is 325. The van der Waals surface area contributed by atoms with E-state index in [1.165, 1.54) is 12.1 Å². The first-order valence-corrected chi connectivity index (χ1v) is 3.86. The van der Waals surface area contributed by atoms with Crippen molar-refractivity contribution < 1.29 is 10.0 Å². The highest BCUT2D eigenvalue weighted by atomic mass is 16.6. The third-order valence-electron chi connectivity index (χ3n) is 1.55. The van der Waals surface area contributed by atoms with E-state index in [1.54, 1.807) is 0 Å². The second-order valence-electron chi connectivity index (χ2n) is 2.49. The lowest BCUT2D eigenvalue weighted by Crippen LogP contribution is -2.00. The van der Waals surface area contributed by atoms with Crippen LogP contribution >= 0.6 is 0 Å². The summed E-state index contributed by atoms with van der Waals surface area (Å²) >= 11 is 0. The van der Waals surface area contributed by atoms with Gasteiger partial charge in [-0.1, -0.05) is 0 Å². The summed E-state index contributed by atoms with van der Waals surface area (Å²) in [5, 5.41) is 22.4. The molecule has 2 N–H and O–H groups in total. The SMILES string of the molecule is CCNc1ccc(O)cc1[N+](=O)[O-]. The Balaban J connectivity index is 3.10. The van der Waals surface area contributed by atoms with Crippen molar-refractivity contribution in [2.45, 2.75) is 6.92 Å². The number of benzene rings is 1. The van der Waals surface area contributed by atoms with Gasteiger partial charge >= 0.3 is 0 Å². The van der Waals surface area contributed by atoms with Crippen molar-refractivity contribution in [3.8, 4) is 5.75 Å². The molecule has 1 aromatic rings. The van der Waals surface area contributed by atoms with Crippen LogP contribution in [-0.4, -0.2) is 16.6 Å². The van der Waals surface area contributed by atoms with Gasteiger partial charge in [0, 0.05) is 6.54 Å². The Morgan fingerprint density at radius 1 is 1.62 bits per heavy atom. The van der Waals surface area contributed by atoms with Gasteiger partial charge in [-0.3, -0.25) is 10.1 Å². The molecule has 5 heteroatoms. The van der Waals surface area contributed by atoms with Crippen molar-refractivity contribution in [3.63, 3.8) is 0 Å². The summed E-state index contributed by atoms with van der Waals surface area (Å²) in [4.78, 5) is 9.97. The number of hydrogen-bond donors (Lipinski definition) is 2. The lowest BCUT2D eigenvalue weighted by atomic mass is 10.2. The van der Waals surface area contributed by atoms with Crippen molar-refractivity contribution >= 4 is 11.4 Å². The summed E-state index contributed by atoms with van der Waals surface area (Å²) in [5.74, 6) is -0.103. The van der Waals surface area contributed by atoms with E-state index in [4.69, 9.17) is 5.11 Å². The molecule has 0 fully saturated rings. The zero-order chi connectivity index (χ0) is 9.84. The number of phenols is 1. The van der Waals surface area contributed by atoms with Crippen LogP contribution in [0.25, 0.3) is 0 Å². The van der Waals surface area contributed by atoms with E-state index in [1.807, 2.05) is 6.92 Å². The number of nitrogens with zero attached hydrogens (tertiary/aromatic N) is 1. The maximum absolute atomic E-state index is 10.5. The molecule has 0 aliphatic heterocycles. The summed E-state index contributed by atoms with van der Waals surface area (Å²) in [7, 11) is 0. The quantitative estimate of drug-likeness (QED) is 0.424. The first-order chi connectivity index (χ1) is 6.15. The molecule has 5 nitrogen and oxygen atoms in total. The first kappa shape index (κ1) is 9.31. The normalized spacial score (nSPS) is 9.62. The fourth-order valence-electron chi connectivity index (χ4n) is 1.01. The highest BCUT2D eigenvalue weighted by molar-refractivity contribution is 5.63. The van der Waals surface area contributed by atoms with Gasteiger partial charge < -0.3 is 10.4 Å². The summed E-state index contributed by atoms with van der Waals surface area (Å²) in [6, 6.07) is 4.01. The summed E-state index contributed by atoms with van der Waals surface area (Å²) in [5.41, 5.74) is 0.312. The first-order valence-electron chi connectivity index (χ1n) is 3.86. The molecule has 0 aliphatic carbocycles. The highest BCUT2D eigenvalue weighted by Crippen LogP contribution is 2.27. The van der Waals surface area contributed by atoms with Gasteiger partial charge in [0.1, 0.15) is 11.4 Å². The Morgan fingerprint density at radius 2 is 2.31 bits per heavy atom. The Morgan fingerprint density at radius 3 is 2.85 bits per heavy atom. The molecule has 0 saturated carbocycles. The number of anilines is 1. The molecule has 13 heavy (non-hydrogen) atoms. The van der Waals surface area contributed by atoms with Crippen LogP contribution in [0, 0.1) is 10.1 Å². The fraction of sp³-hybridized carbons (Fsp3) is 0.250. The molecule has 0 saturated heterocycles. The van der Waals surface area contributed by atoms with Gasteiger partial charge in [0.25, 0.3) is 5.69 Å². The molecule has 0 heterocycles. The Kier molecular flexibility index (Phi) is 2.69. The van der Waals surface area contributed by atoms with E-state index in [0.29, 0.717) is 12.2 Å². The van der Waals surface area contributed by atoms with E-state index < -0.39 is 4.92 Å². The maximum atomic E-state index is 10.5. The van der Waals surface area contributed by atoms with Gasteiger partial charge in [-0.2, -0.15) is 0 Å². The predicted octanol–water partition coefficient (Wildman–Crippen LogP) is 1.73. The van der Waals surface area contributed by atoms with Crippen molar-refractivity contribution in [1.82, 2.24) is 0 Å². The average molecular weight is 182 g/mol. The minimum atomic E-state index is -0.530. The molecule has 1 rings (SSSR count). The Labute approximate surface area is 75.2 Å². The molecule has 70 valence electrons. The molecule has 1 aromatic carbocycles. The smallest absolute Gasteiger partial charge is 0.296 e. The molecule has 0 aromatic heterocycles. The van der Waals surface area contributed by atoms with Gasteiger partial charge in [0.05, 0.1) is 11.0 Å². The molecular formula is C8H10N2O3. The van der Waals surface area contributed by atoms with Gasteiger partial charge in [-0.05, 0) is 19.1 Å². The molecule has 0 aliphatic rings. The largest absolute Gasteiger partial charge is 0.508 e. The number of nitrogens with one attached hydrogen (secondary N) is 1. The van der Waals surface area contributed by atoms with Crippen LogP contribution in [0.2, 0.25) is 0 Å². The van der Waals surface area contributed by atoms with E-state index in [0.717, 1.165) is 6.07 Å². The van der Waals surface area contributed by atoms with Gasteiger partial charge in [-0.25, -0.2) is 0 Å². The van der Waals surface area contributed by atoms with Crippen LogP contribution in [0.4, 0.5) is 11.4 Å². The third-order valence-corrected chi connectivity index (χ3v) is 1.55. The monoisotopic (exact) mass is 182 g/mol. The van der Waals surface area contributed by atoms with E-state index in [9.17, 15) is 10.1 Å². The van der Waals surface area contributed by atoms with Crippen LogP contribution < -0.4 is 5.32 Å². The summed E-state index contributed by atoms with van der Waals surface area (Å²) in [6.07, 6.45) is 0. The third kappa shape index (κ3) is 2.08. The molecule has 0 spiro atoms. The number of nitro benzene ring substituents is 1. The van der Waals surface area contributed by atoms with Gasteiger partial charge in [0.2, 0.25) is 0 Å². The lowest BCUT2D eigenvalue weighted by Gasteiger charge is -2.03. The molecule has 0 atom stereocenters. The second kappa shape index (κ2) is 3.75. The number of phenolic OH excluding ortho intramolecular Hbond substituents is 1. The minimum Gasteiger partial charge on any atom is -0.508 e. The lowest BCUT2D eigenvalue weighted by molar-refractivity contribution is -0.384. The van der Waals surface area contributed by atoms with E-state index >= 15 is 0 Å². The molecule has 0 radical (unpaired) electrons. The minimum absolute atomic E-state index is 0.103. The maximum Gasteiger partial charge on any atom is 0.296 e. The summed E-state index contributed by atoms with van der Waals surface area (Å²) < 4.78 is 0. The zero-order valence-electron chi connectivity index (χ0n) is 7.15. The van der Waals surface area contributed by atoms with E-state index in [-0.39, 0.29) is 11.4 Å². The average Bonchev–Trinajstić information content (AvgIpc) is 2.08. The van der Waals surface area contributed by atoms with Crippen molar-refractivity contribution in [2.75, 3.05) is 11.9 Å². The number of nitro groups is 1. The van der Waals surface area contributed by atoms with Crippen molar-refractivity contribution in [3.05, 3.63) is 28.3 Å². The molecule has 0 bridgehead atoms. The Hall–Kier alpha value is -1.78. The molecule has 0 amide bonds. The van der Waals surface area contributed by atoms with Gasteiger partial charge in [-0.15, -0.1) is 0 Å². The molecule has 0 unspecified atom stereocenters. The van der Waals surface area contributed by atoms with Crippen LogP contribution in [-0.2, 0) is 0 Å². The van der Waals surface area contributed by atoms with Crippen LogP contribution in [0.1, 0.15) is 6.92 Å². The number of rotatable bonds is 3. The van der Waals surface area contributed by atoms with Crippen molar-refractivity contribution in [1.29, 1.82) is 0 Å².